The van der Waals surface area contributed by atoms with Crippen molar-refractivity contribution < 1.29 is 26.7 Å². The van der Waals surface area contributed by atoms with Crippen LogP contribution in [0.25, 0.3) is 0 Å². The van der Waals surface area contributed by atoms with Gasteiger partial charge in [0.25, 0.3) is 0 Å². The van der Waals surface area contributed by atoms with E-state index in [1.54, 1.807) is 13.8 Å². The van der Waals surface area contributed by atoms with E-state index in [4.69, 9.17) is 5.11 Å². The first-order valence-corrected chi connectivity index (χ1v) is 10.9. The van der Waals surface area contributed by atoms with Crippen LogP contribution in [0, 0.1) is 0 Å². The lowest BCUT2D eigenvalue weighted by Crippen LogP contribution is -2.40. The number of hydrogen-bond donors (Lipinski definition) is 1. The third kappa shape index (κ3) is 3.71. The maximum absolute atomic E-state index is 12.7. The Hall–Kier alpha value is -1.49. The van der Waals surface area contributed by atoms with E-state index in [0.717, 1.165) is 4.31 Å². The van der Waals surface area contributed by atoms with Gasteiger partial charge < -0.3 is 5.11 Å². The number of nitrogens with zero attached hydrogens (tertiary/aromatic N) is 2. The summed E-state index contributed by atoms with van der Waals surface area (Å²) in [6, 6.07) is 3.83. The average molecular weight is 390 g/mol. The van der Waals surface area contributed by atoms with Gasteiger partial charge in [-0.1, -0.05) is 13.8 Å². The molecule has 1 aromatic carbocycles. The SMILES string of the molecule is CCN(CC)S(=O)(=O)c1ccc(S(=O)(=O)N2CCC[C@H]2C(=O)O)cc1. The molecule has 0 aromatic heterocycles. The number of hydrogen-bond acceptors (Lipinski definition) is 5. The standard InChI is InChI=1S/C15H22N2O6S2/c1-3-16(4-2)24(20,21)12-7-9-13(10-8-12)25(22,23)17-11-5-6-14(17)15(18)19/h7-10,14H,3-6,11H2,1-2H3,(H,18,19)/t14-/m0/s1. The summed E-state index contributed by atoms with van der Waals surface area (Å²) in [6.07, 6.45) is 0.744. The Labute approximate surface area is 148 Å². The zero-order valence-electron chi connectivity index (χ0n) is 14.1. The Morgan fingerprint density at radius 3 is 2.12 bits per heavy atom. The molecule has 1 aromatic rings. The van der Waals surface area contributed by atoms with Gasteiger partial charge in [0.2, 0.25) is 20.0 Å². The Kier molecular flexibility index (Phi) is 5.87. The molecule has 1 aliphatic heterocycles. The van der Waals surface area contributed by atoms with E-state index >= 15 is 0 Å². The number of carbonyl (C=O) groups is 1. The zero-order valence-corrected chi connectivity index (χ0v) is 15.8. The van der Waals surface area contributed by atoms with Gasteiger partial charge in [-0.15, -0.1) is 0 Å². The van der Waals surface area contributed by atoms with E-state index < -0.39 is 32.1 Å². The van der Waals surface area contributed by atoms with Crippen molar-refractivity contribution >= 4 is 26.0 Å². The molecule has 2 rings (SSSR count). The molecule has 8 nitrogen and oxygen atoms in total. The van der Waals surface area contributed by atoms with Crippen LogP contribution in [-0.4, -0.2) is 62.2 Å². The molecule has 140 valence electrons. The summed E-state index contributed by atoms with van der Waals surface area (Å²) in [5.41, 5.74) is 0. The minimum absolute atomic E-state index is 0.00589. The van der Waals surface area contributed by atoms with E-state index in [2.05, 4.69) is 0 Å². The second kappa shape index (κ2) is 7.40. The molecule has 0 spiro atoms. The minimum atomic E-state index is -3.98. The Morgan fingerprint density at radius 2 is 1.64 bits per heavy atom. The van der Waals surface area contributed by atoms with E-state index in [1.807, 2.05) is 0 Å². The summed E-state index contributed by atoms with van der Waals surface area (Å²) in [4.78, 5) is 11.1. The lowest BCUT2D eigenvalue weighted by Gasteiger charge is -2.21. The van der Waals surface area contributed by atoms with Crippen molar-refractivity contribution in [2.24, 2.45) is 0 Å². The first-order valence-electron chi connectivity index (χ1n) is 8.01. The third-order valence-electron chi connectivity index (χ3n) is 4.26. The molecule has 1 atom stereocenters. The molecule has 0 aliphatic carbocycles. The van der Waals surface area contributed by atoms with Gasteiger partial charge in [0.15, 0.2) is 0 Å². The maximum Gasteiger partial charge on any atom is 0.322 e. The van der Waals surface area contributed by atoms with Crippen LogP contribution in [0.3, 0.4) is 0 Å². The molecule has 1 saturated heterocycles. The lowest BCUT2D eigenvalue weighted by molar-refractivity contribution is -0.140. The number of sulfonamides is 2. The van der Waals surface area contributed by atoms with E-state index in [0.29, 0.717) is 19.5 Å². The number of carboxylic acid groups (broad SMARTS) is 1. The number of carboxylic acids is 1. The third-order valence-corrected chi connectivity index (χ3v) is 8.25. The maximum atomic E-state index is 12.7. The molecule has 0 bridgehead atoms. The van der Waals surface area contributed by atoms with Crippen LogP contribution >= 0.6 is 0 Å². The van der Waals surface area contributed by atoms with Gasteiger partial charge in [-0.2, -0.15) is 8.61 Å². The Morgan fingerprint density at radius 1 is 1.12 bits per heavy atom. The summed E-state index contributed by atoms with van der Waals surface area (Å²) < 4.78 is 52.4. The van der Waals surface area contributed by atoms with Crippen molar-refractivity contribution in [3.8, 4) is 0 Å². The quantitative estimate of drug-likeness (QED) is 0.742. The van der Waals surface area contributed by atoms with Gasteiger partial charge in [0, 0.05) is 19.6 Å². The number of rotatable bonds is 7. The monoisotopic (exact) mass is 390 g/mol. The van der Waals surface area contributed by atoms with Crippen molar-refractivity contribution in [3.63, 3.8) is 0 Å². The molecule has 1 aliphatic rings. The van der Waals surface area contributed by atoms with Crippen LogP contribution < -0.4 is 0 Å². The predicted octanol–water partition coefficient (Wildman–Crippen LogP) is 0.955. The normalized spacial score (nSPS) is 19.4. The molecular formula is C15H22N2O6S2. The zero-order chi connectivity index (χ0) is 18.8. The van der Waals surface area contributed by atoms with Gasteiger partial charge in [-0.25, -0.2) is 16.8 Å². The molecule has 1 N–H and O–H groups in total. The molecule has 1 fully saturated rings. The van der Waals surface area contributed by atoms with Gasteiger partial charge in [0.05, 0.1) is 9.79 Å². The van der Waals surface area contributed by atoms with E-state index in [9.17, 15) is 21.6 Å². The molecular weight excluding hydrogens is 368 g/mol. The largest absolute Gasteiger partial charge is 0.480 e. The topological polar surface area (TPSA) is 112 Å². The fraction of sp³-hybridized carbons (Fsp3) is 0.533. The van der Waals surface area contributed by atoms with Crippen LogP contribution in [0.5, 0.6) is 0 Å². The highest BCUT2D eigenvalue weighted by atomic mass is 32.2. The van der Waals surface area contributed by atoms with Crippen LogP contribution in [0.4, 0.5) is 0 Å². The highest BCUT2D eigenvalue weighted by Gasteiger charge is 2.39. The van der Waals surface area contributed by atoms with E-state index in [1.165, 1.54) is 28.6 Å². The second-order valence-corrected chi connectivity index (χ2v) is 9.50. The van der Waals surface area contributed by atoms with E-state index in [-0.39, 0.29) is 22.8 Å². The first kappa shape index (κ1) is 19.8. The van der Waals surface area contributed by atoms with Gasteiger partial charge in [-0.3, -0.25) is 4.79 Å². The lowest BCUT2D eigenvalue weighted by atomic mass is 10.2. The van der Waals surface area contributed by atoms with Crippen LogP contribution in [0.2, 0.25) is 0 Å². The highest BCUT2D eigenvalue weighted by Crippen LogP contribution is 2.27. The minimum Gasteiger partial charge on any atom is -0.480 e. The van der Waals surface area contributed by atoms with Gasteiger partial charge in [0.1, 0.15) is 6.04 Å². The van der Waals surface area contributed by atoms with Crippen LogP contribution in [-0.2, 0) is 24.8 Å². The first-order chi connectivity index (χ1) is 11.7. The second-order valence-electron chi connectivity index (χ2n) is 5.67. The summed E-state index contributed by atoms with van der Waals surface area (Å²) >= 11 is 0. The summed E-state index contributed by atoms with van der Waals surface area (Å²) in [6.45, 7) is 4.21. The Bertz CT molecular complexity index is 829. The van der Waals surface area contributed by atoms with Crippen molar-refractivity contribution in [2.45, 2.75) is 42.5 Å². The molecule has 10 heteroatoms. The fourth-order valence-electron chi connectivity index (χ4n) is 2.91. The number of benzene rings is 1. The van der Waals surface area contributed by atoms with Gasteiger partial charge >= 0.3 is 5.97 Å². The van der Waals surface area contributed by atoms with Crippen molar-refractivity contribution in [3.05, 3.63) is 24.3 Å². The predicted molar refractivity (Wildman–Crippen MR) is 91.1 cm³/mol. The highest BCUT2D eigenvalue weighted by molar-refractivity contribution is 7.89. The van der Waals surface area contributed by atoms with Crippen molar-refractivity contribution in [2.75, 3.05) is 19.6 Å². The molecule has 25 heavy (non-hydrogen) atoms. The van der Waals surface area contributed by atoms with Crippen molar-refractivity contribution in [1.29, 1.82) is 0 Å². The molecule has 0 unspecified atom stereocenters. The number of aliphatic carboxylic acids is 1. The van der Waals surface area contributed by atoms with Crippen molar-refractivity contribution in [1.82, 2.24) is 8.61 Å². The summed E-state index contributed by atoms with van der Waals surface area (Å²) in [7, 11) is -7.66. The summed E-state index contributed by atoms with van der Waals surface area (Å²) in [5.74, 6) is -1.18. The smallest absolute Gasteiger partial charge is 0.322 e. The summed E-state index contributed by atoms with van der Waals surface area (Å²) in [5, 5.41) is 9.17. The van der Waals surface area contributed by atoms with Crippen LogP contribution in [0.15, 0.2) is 34.1 Å². The molecule has 1 heterocycles. The fourth-order valence-corrected chi connectivity index (χ4v) is 6.02. The molecule has 0 radical (unpaired) electrons. The van der Waals surface area contributed by atoms with Gasteiger partial charge in [-0.05, 0) is 37.1 Å². The Balaban J connectivity index is 2.35. The average Bonchev–Trinajstić information content (AvgIpc) is 3.06. The molecule has 0 amide bonds. The molecule has 0 saturated carbocycles. The van der Waals surface area contributed by atoms with Crippen LogP contribution in [0.1, 0.15) is 26.7 Å².